The summed E-state index contributed by atoms with van der Waals surface area (Å²) in [6.45, 7) is 5.21. The number of nitrogens with one attached hydrogen (secondary N) is 2. The number of morpholine rings is 1. The van der Waals surface area contributed by atoms with Crippen molar-refractivity contribution in [2.45, 2.75) is 37.6 Å². The SMILES string of the molecule is CC([C@H](C)c1cc(NC(=O)c2cnc(OCC(F)(F)F)cn2)ccc1F)[C@](C)(SC(=N)N)C(=O)N1CCOCC1. The van der Waals surface area contributed by atoms with Crippen LogP contribution in [0.15, 0.2) is 30.6 Å². The second-order valence-electron chi connectivity index (χ2n) is 9.39. The van der Waals surface area contributed by atoms with E-state index in [0.717, 1.165) is 24.2 Å². The van der Waals surface area contributed by atoms with Crippen LogP contribution in [0.25, 0.3) is 0 Å². The summed E-state index contributed by atoms with van der Waals surface area (Å²) in [5.74, 6) is -2.99. The molecule has 4 N–H and O–H groups in total. The minimum absolute atomic E-state index is 0.201. The molecule has 2 heterocycles. The third-order valence-electron chi connectivity index (χ3n) is 6.65. The van der Waals surface area contributed by atoms with E-state index < -0.39 is 47.0 Å². The second kappa shape index (κ2) is 12.8. The highest BCUT2D eigenvalue weighted by Gasteiger charge is 2.46. The van der Waals surface area contributed by atoms with Crippen molar-refractivity contribution in [3.63, 3.8) is 0 Å². The van der Waals surface area contributed by atoms with Gasteiger partial charge in [0, 0.05) is 18.8 Å². The van der Waals surface area contributed by atoms with Crippen molar-refractivity contribution in [2.75, 3.05) is 38.2 Å². The fraction of sp³-hybridized carbons (Fsp3) is 0.480. The van der Waals surface area contributed by atoms with Gasteiger partial charge in [-0.05, 0) is 42.5 Å². The smallest absolute Gasteiger partial charge is 0.422 e. The molecule has 0 aliphatic carbocycles. The zero-order valence-corrected chi connectivity index (χ0v) is 22.9. The number of carbonyl (C=O) groups excluding carboxylic acids is 2. The molecule has 0 saturated carbocycles. The predicted octanol–water partition coefficient (Wildman–Crippen LogP) is 3.79. The van der Waals surface area contributed by atoms with Gasteiger partial charge in [-0.1, -0.05) is 25.6 Å². The lowest BCUT2D eigenvalue weighted by Crippen LogP contribution is -2.54. The molecule has 0 spiro atoms. The first kappa shape index (κ1) is 31.1. The Kier molecular flexibility index (Phi) is 9.95. The van der Waals surface area contributed by atoms with Crippen LogP contribution in [0, 0.1) is 17.1 Å². The van der Waals surface area contributed by atoms with Gasteiger partial charge >= 0.3 is 6.18 Å². The van der Waals surface area contributed by atoms with E-state index in [-0.39, 0.29) is 28.0 Å². The van der Waals surface area contributed by atoms with Gasteiger partial charge in [0.1, 0.15) is 16.3 Å². The molecule has 1 saturated heterocycles. The molecule has 0 radical (unpaired) electrons. The van der Waals surface area contributed by atoms with Gasteiger partial charge in [-0.3, -0.25) is 15.0 Å². The highest BCUT2D eigenvalue weighted by atomic mass is 32.2. The van der Waals surface area contributed by atoms with Gasteiger partial charge in [0.15, 0.2) is 11.8 Å². The molecule has 218 valence electrons. The van der Waals surface area contributed by atoms with Crippen molar-refractivity contribution in [2.24, 2.45) is 11.7 Å². The number of carbonyl (C=O) groups is 2. The molecule has 1 aromatic carbocycles. The molecule has 2 aromatic rings. The number of alkyl halides is 3. The lowest BCUT2D eigenvalue weighted by molar-refractivity contribution is -0.154. The molecule has 3 atom stereocenters. The third-order valence-corrected chi connectivity index (χ3v) is 7.84. The summed E-state index contributed by atoms with van der Waals surface area (Å²) in [4.78, 5) is 35.3. The molecule has 1 aromatic heterocycles. The van der Waals surface area contributed by atoms with Gasteiger partial charge in [-0.25, -0.2) is 14.4 Å². The van der Waals surface area contributed by atoms with E-state index in [1.807, 2.05) is 0 Å². The zero-order chi connectivity index (χ0) is 29.7. The van der Waals surface area contributed by atoms with E-state index in [4.69, 9.17) is 15.9 Å². The number of halogens is 4. The minimum atomic E-state index is -4.55. The Morgan fingerprint density at radius 1 is 1.23 bits per heavy atom. The maximum atomic E-state index is 15.0. The van der Waals surface area contributed by atoms with Gasteiger partial charge in [-0.2, -0.15) is 13.2 Å². The molecule has 2 amide bonds. The summed E-state index contributed by atoms with van der Waals surface area (Å²) in [7, 11) is 0. The Hall–Kier alpha value is -3.46. The molecular formula is C25H30F4N6O4S. The van der Waals surface area contributed by atoms with Gasteiger partial charge in [-0.15, -0.1) is 0 Å². The van der Waals surface area contributed by atoms with Crippen molar-refractivity contribution in [1.29, 1.82) is 5.41 Å². The van der Waals surface area contributed by atoms with Gasteiger partial charge in [0.05, 0.1) is 25.6 Å². The second-order valence-corrected chi connectivity index (χ2v) is 10.9. The number of amidine groups is 1. The molecule has 1 fully saturated rings. The molecule has 3 rings (SSSR count). The van der Waals surface area contributed by atoms with Gasteiger partial charge in [0.25, 0.3) is 5.91 Å². The van der Waals surface area contributed by atoms with Crippen LogP contribution in [0.5, 0.6) is 5.88 Å². The number of ether oxygens (including phenoxy) is 2. The number of hydrogen-bond donors (Lipinski definition) is 3. The number of amides is 2. The number of nitrogens with zero attached hydrogens (tertiary/aromatic N) is 3. The highest BCUT2D eigenvalue weighted by molar-refractivity contribution is 8.15. The molecular weight excluding hydrogens is 556 g/mol. The number of aromatic nitrogens is 2. The largest absolute Gasteiger partial charge is 0.467 e. The number of nitrogens with two attached hydrogens (primary N) is 1. The van der Waals surface area contributed by atoms with E-state index >= 15 is 4.39 Å². The topological polar surface area (TPSA) is 144 Å². The van der Waals surface area contributed by atoms with Crippen LogP contribution in [-0.4, -0.2) is 75.7 Å². The Labute approximate surface area is 232 Å². The number of benzene rings is 1. The monoisotopic (exact) mass is 586 g/mol. The summed E-state index contributed by atoms with van der Waals surface area (Å²) in [6.07, 6.45) is -2.71. The Morgan fingerprint density at radius 2 is 1.90 bits per heavy atom. The van der Waals surface area contributed by atoms with Crippen LogP contribution in [0.4, 0.5) is 23.2 Å². The normalized spacial score (nSPS) is 16.9. The standard InChI is InChI=1S/C25H30F4N6O4S/c1-14(15(2)24(3,40-23(30)31)22(37)35-6-8-38-9-7-35)17-10-16(4-5-18(17)26)34-21(36)19-11-33-20(12-32-19)39-13-25(27,28)29/h4-5,10-12,14-15H,6-9,13H2,1-3H3,(H3,30,31)(H,34,36)/t14-,15?,24-/m0/s1. The van der Waals surface area contributed by atoms with E-state index in [1.54, 1.807) is 25.7 Å². The molecule has 1 unspecified atom stereocenters. The van der Waals surface area contributed by atoms with E-state index in [9.17, 15) is 22.8 Å². The average molecular weight is 587 g/mol. The van der Waals surface area contributed by atoms with Crippen LogP contribution in [0.3, 0.4) is 0 Å². The van der Waals surface area contributed by atoms with E-state index in [1.165, 1.54) is 18.2 Å². The molecule has 40 heavy (non-hydrogen) atoms. The lowest BCUT2D eigenvalue weighted by atomic mass is 9.79. The maximum Gasteiger partial charge on any atom is 0.422 e. The predicted molar refractivity (Wildman–Crippen MR) is 141 cm³/mol. The first-order valence-electron chi connectivity index (χ1n) is 12.2. The van der Waals surface area contributed by atoms with Crippen LogP contribution < -0.4 is 15.8 Å². The Morgan fingerprint density at radius 3 is 2.48 bits per heavy atom. The third kappa shape index (κ3) is 7.81. The van der Waals surface area contributed by atoms with E-state index in [2.05, 4.69) is 20.0 Å². The first-order chi connectivity index (χ1) is 18.7. The summed E-state index contributed by atoms with van der Waals surface area (Å²) >= 11 is 0.908. The fourth-order valence-electron chi connectivity index (χ4n) is 4.22. The fourth-order valence-corrected chi connectivity index (χ4v) is 5.28. The van der Waals surface area contributed by atoms with Gasteiger partial charge < -0.3 is 25.4 Å². The number of anilines is 1. The zero-order valence-electron chi connectivity index (χ0n) is 22.0. The number of hydrogen-bond acceptors (Lipinski definition) is 8. The van der Waals surface area contributed by atoms with Crippen LogP contribution >= 0.6 is 11.8 Å². The van der Waals surface area contributed by atoms with Crippen LogP contribution in [-0.2, 0) is 9.53 Å². The first-order valence-corrected chi connectivity index (χ1v) is 13.1. The molecule has 1 aliphatic heterocycles. The lowest BCUT2D eigenvalue weighted by Gasteiger charge is -2.41. The van der Waals surface area contributed by atoms with Crippen LogP contribution in [0.2, 0.25) is 0 Å². The average Bonchev–Trinajstić information content (AvgIpc) is 2.91. The van der Waals surface area contributed by atoms with Crippen molar-refractivity contribution in [3.05, 3.63) is 47.7 Å². The maximum absolute atomic E-state index is 15.0. The van der Waals surface area contributed by atoms with Crippen molar-refractivity contribution >= 4 is 34.4 Å². The van der Waals surface area contributed by atoms with Crippen molar-refractivity contribution in [1.82, 2.24) is 14.9 Å². The minimum Gasteiger partial charge on any atom is -0.467 e. The quantitative estimate of drug-likeness (QED) is 0.229. The van der Waals surface area contributed by atoms with Crippen LogP contribution in [0.1, 0.15) is 42.7 Å². The van der Waals surface area contributed by atoms with Crippen molar-refractivity contribution < 1.29 is 36.6 Å². The van der Waals surface area contributed by atoms with Gasteiger partial charge in [0.2, 0.25) is 11.8 Å². The summed E-state index contributed by atoms with van der Waals surface area (Å²) in [6, 6.07) is 3.94. The molecule has 15 heteroatoms. The summed E-state index contributed by atoms with van der Waals surface area (Å²) in [5.41, 5.74) is 5.93. The molecule has 0 bridgehead atoms. The number of thioether (sulfide) groups is 1. The highest BCUT2D eigenvalue weighted by Crippen LogP contribution is 2.43. The Bertz CT molecular complexity index is 1230. The summed E-state index contributed by atoms with van der Waals surface area (Å²) < 4.78 is 60.6. The molecule has 1 aliphatic rings. The Balaban J connectivity index is 1.78. The summed E-state index contributed by atoms with van der Waals surface area (Å²) in [5, 5.41) is 10.2. The molecule has 10 nitrogen and oxygen atoms in total. The van der Waals surface area contributed by atoms with Crippen molar-refractivity contribution in [3.8, 4) is 5.88 Å². The number of rotatable bonds is 9. The van der Waals surface area contributed by atoms with E-state index in [0.29, 0.717) is 26.3 Å².